The van der Waals surface area contributed by atoms with Gasteiger partial charge in [0.2, 0.25) is 17.7 Å². The third-order valence-corrected chi connectivity index (χ3v) is 8.95. The topological polar surface area (TPSA) is 113 Å². The molecule has 0 unspecified atom stereocenters. The van der Waals surface area contributed by atoms with E-state index in [0.717, 1.165) is 28.2 Å². The van der Waals surface area contributed by atoms with Gasteiger partial charge in [0, 0.05) is 42.6 Å². The Morgan fingerprint density at radius 1 is 0.930 bits per heavy atom. The van der Waals surface area contributed by atoms with Crippen molar-refractivity contribution in [1.29, 1.82) is 0 Å². The largest absolute Gasteiger partial charge is 0.345 e. The van der Waals surface area contributed by atoms with Crippen LogP contribution < -0.4 is 5.32 Å². The van der Waals surface area contributed by atoms with Crippen LogP contribution in [0, 0.1) is 0 Å². The van der Waals surface area contributed by atoms with Crippen LogP contribution in [0.2, 0.25) is 0 Å². The number of carbonyl (C=O) groups is 3. The number of rotatable bonds is 4. The molecule has 2 aliphatic heterocycles. The quantitative estimate of drug-likeness (QED) is 0.379. The average molecular weight is 598 g/mol. The molecule has 6 rings (SSSR count). The highest BCUT2D eigenvalue weighted by atomic mass is 32.1. The van der Waals surface area contributed by atoms with E-state index in [-0.39, 0.29) is 30.6 Å². The molecule has 43 heavy (non-hydrogen) atoms. The molecule has 3 amide bonds. The molecule has 2 aromatic heterocycles. The normalized spacial score (nSPS) is 19.8. The van der Waals surface area contributed by atoms with E-state index < -0.39 is 12.1 Å². The summed E-state index contributed by atoms with van der Waals surface area (Å²) >= 11 is 1.53. The molecule has 0 bridgehead atoms. The fourth-order valence-corrected chi connectivity index (χ4v) is 6.60. The third-order valence-electron chi connectivity index (χ3n) is 8.01. The van der Waals surface area contributed by atoms with E-state index in [1.807, 2.05) is 73.0 Å². The molecule has 4 aromatic rings. The first-order chi connectivity index (χ1) is 21.0. The Hall–Kier alpha value is -4.38. The summed E-state index contributed by atoms with van der Waals surface area (Å²) in [6, 6.07) is 18.7. The summed E-state index contributed by atoms with van der Waals surface area (Å²) in [7, 11) is 0. The Morgan fingerprint density at radius 3 is 2.44 bits per heavy atom. The lowest BCUT2D eigenvalue weighted by atomic mass is 10.1. The van der Waals surface area contributed by atoms with Crippen LogP contribution in [0.3, 0.4) is 0 Å². The highest BCUT2D eigenvalue weighted by molar-refractivity contribution is 7.13. The maximum absolute atomic E-state index is 13.7. The van der Waals surface area contributed by atoms with Crippen LogP contribution in [0.15, 0.2) is 66.0 Å². The summed E-state index contributed by atoms with van der Waals surface area (Å²) in [5, 5.41) is 10.7. The van der Waals surface area contributed by atoms with Gasteiger partial charge in [-0.25, -0.2) is 14.6 Å². The van der Waals surface area contributed by atoms with Crippen molar-refractivity contribution in [1.82, 2.24) is 34.9 Å². The number of benzene rings is 2. The molecule has 0 radical (unpaired) electrons. The SMILES string of the molecule is C[C@@H]1NC(=O)[C@@H]2CCCN2C(=O)CCCN(C(=O)Cc2csc(-c3ccccc3)n2)CCn2nc(-c3ccccc3)nc21. The van der Waals surface area contributed by atoms with Crippen LogP contribution in [-0.4, -0.2) is 72.9 Å². The molecule has 0 saturated carbocycles. The lowest BCUT2D eigenvalue weighted by Gasteiger charge is -2.28. The van der Waals surface area contributed by atoms with E-state index in [1.54, 1.807) is 14.5 Å². The van der Waals surface area contributed by atoms with Gasteiger partial charge in [-0.3, -0.25) is 14.4 Å². The Morgan fingerprint density at radius 2 is 1.67 bits per heavy atom. The number of aromatic nitrogens is 4. The number of hydrogen-bond acceptors (Lipinski definition) is 7. The van der Waals surface area contributed by atoms with Crippen LogP contribution in [0.5, 0.6) is 0 Å². The van der Waals surface area contributed by atoms with Crippen molar-refractivity contribution in [2.45, 2.75) is 57.7 Å². The predicted molar refractivity (Wildman–Crippen MR) is 164 cm³/mol. The Kier molecular flexibility index (Phi) is 8.59. The Labute approximate surface area is 254 Å². The van der Waals surface area contributed by atoms with Gasteiger partial charge in [0.1, 0.15) is 16.9 Å². The van der Waals surface area contributed by atoms with E-state index in [0.29, 0.717) is 50.7 Å². The molecule has 10 nitrogen and oxygen atoms in total. The molecule has 11 heteroatoms. The van der Waals surface area contributed by atoms with E-state index in [1.165, 1.54) is 11.3 Å². The number of fused-ring (bicyclic) bond motifs is 2. The van der Waals surface area contributed by atoms with Crippen LogP contribution in [0.1, 0.15) is 50.2 Å². The van der Waals surface area contributed by atoms with Gasteiger partial charge < -0.3 is 15.1 Å². The molecule has 2 aliphatic rings. The van der Waals surface area contributed by atoms with Crippen molar-refractivity contribution in [3.8, 4) is 22.0 Å². The minimum atomic E-state index is -0.496. The number of thiazole rings is 1. The van der Waals surface area contributed by atoms with Gasteiger partial charge in [-0.05, 0) is 26.2 Å². The summed E-state index contributed by atoms with van der Waals surface area (Å²) < 4.78 is 1.80. The predicted octanol–water partition coefficient (Wildman–Crippen LogP) is 4.10. The van der Waals surface area contributed by atoms with E-state index in [9.17, 15) is 14.4 Å². The summed E-state index contributed by atoms with van der Waals surface area (Å²) in [6.07, 6.45) is 2.39. The van der Waals surface area contributed by atoms with Crippen molar-refractivity contribution in [2.75, 3.05) is 19.6 Å². The van der Waals surface area contributed by atoms with Crippen LogP contribution in [-0.2, 0) is 27.3 Å². The van der Waals surface area contributed by atoms with Crippen LogP contribution in [0.25, 0.3) is 22.0 Å². The molecule has 1 fully saturated rings. The van der Waals surface area contributed by atoms with Crippen molar-refractivity contribution in [2.24, 2.45) is 0 Å². The zero-order valence-electron chi connectivity index (χ0n) is 24.2. The molecule has 1 N–H and O–H groups in total. The number of hydrogen-bond donors (Lipinski definition) is 1. The van der Waals surface area contributed by atoms with Gasteiger partial charge in [0.05, 0.1) is 24.7 Å². The van der Waals surface area contributed by atoms with Crippen molar-refractivity contribution in [3.63, 3.8) is 0 Å². The smallest absolute Gasteiger partial charge is 0.243 e. The molecule has 2 atom stereocenters. The van der Waals surface area contributed by atoms with Crippen molar-refractivity contribution >= 4 is 29.1 Å². The van der Waals surface area contributed by atoms with Gasteiger partial charge in [0.15, 0.2) is 5.82 Å². The first-order valence-electron chi connectivity index (χ1n) is 14.8. The fourth-order valence-electron chi connectivity index (χ4n) is 5.77. The zero-order chi connectivity index (χ0) is 29.8. The summed E-state index contributed by atoms with van der Waals surface area (Å²) in [4.78, 5) is 53.2. The van der Waals surface area contributed by atoms with E-state index in [4.69, 9.17) is 15.1 Å². The lowest BCUT2D eigenvalue weighted by molar-refractivity contribution is -0.139. The van der Waals surface area contributed by atoms with E-state index in [2.05, 4.69) is 5.32 Å². The third kappa shape index (κ3) is 6.51. The molecular formula is C32H35N7O3S. The molecular weight excluding hydrogens is 562 g/mol. The second kappa shape index (κ2) is 12.9. The van der Waals surface area contributed by atoms with Crippen molar-refractivity contribution in [3.05, 3.63) is 77.6 Å². The van der Waals surface area contributed by atoms with E-state index >= 15 is 0 Å². The minimum absolute atomic E-state index is 0.0451. The highest BCUT2D eigenvalue weighted by Gasteiger charge is 2.35. The number of carbonyl (C=O) groups excluding carboxylic acids is 3. The monoisotopic (exact) mass is 597 g/mol. The van der Waals surface area contributed by atoms with Gasteiger partial charge in [-0.1, -0.05) is 60.7 Å². The molecule has 0 aliphatic carbocycles. The molecule has 4 heterocycles. The highest BCUT2D eigenvalue weighted by Crippen LogP contribution is 2.25. The first-order valence-corrected chi connectivity index (χ1v) is 15.7. The first kappa shape index (κ1) is 28.7. The number of nitrogens with one attached hydrogen (secondary N) is 1. The average Bonchev–Trinajstić information content (AvgIpc) is 3.79. The second-order valence-electron chi connectivity index (χ2n) is 11.0. The van der Waals surface area contributed by atoms with Gasteiger partial charge >= 0.3 is 0 Å². The Balaban J connectivity index is 1.26. The van der Waals surface area contributed by atoms with Crippen molar-refractivity contribution < 1.29 is 14.4 Å². The molecule has 0 spiro atoms. The summed E-state index contributed by atoms with van der Waals surface area (Å²) in [5.74, 6) is 0.916. The second-order valence-corrected chi connectivity index (χ2v) is 11.9. The number of amides is 3. The molecule has 222 valence electrons. The maximum atomic E-state index is 13.7. The van der Waals surface area contributed by atoms with Gasteiger partial charge in [0.25, 0.3) is 0 Å². The van der Waals surface area contributed by atoms with Crippen LogP contribution >= 0.6 is 11.3 Å². The lowest BCUT2D eigenvalue weighted by Crippen LogP contribution is -2.47. The maximum Gasteiger partial charge on any atom is 0.243 e. The fraction of sp³-hybridized carbons (Fsp3) is 0.375. The van der Waals surface area contributed by atoms with Gasteiger partial charge in [-0.15, -0.1) is 11.3 Å². The molecule has 2 aromatic carbocycles. The zero-order valence-corrected chi connectivity index (χ0v) is 25.0. The van der Waals surface area contributed by atoms with Crippen LogP contribution in [0.4, 0.5) is 0 Å². The van der Waals surface area contributed by atoms with Gasteiger partial charge in [-0.2, -0.15) is 5.10 Å². The molecule has 1 saturated heterocycles. The summed E-state index contributed by atoms with van der Waals surface area (Å²) in [5.41, 5.74) is 2.63. The minimum Gasteiger partial charge on any atom is -0.345 e. The Bertz CT molecular complexity index is 1590. The number of nitrogens with zero attached hydrogens (tertiary/aromatic N) is 6. The standard InChI is InChI=1S/C32H35N7O3S/c1-22-30-35-29(23-10-4-2-5-11-23)36-39(30)19-18-37(16-9-15-27(40)38-17-8-14-26(38)31(42)33-22)28(41)20-25-21-43-32(34-25)24-12-6-3-7-13-24/h2-7,10-13,21-22,26H,8-9,14-20H2,1H3,(H,33,42)/t22-,26-/m0/s1. The summed E-state index contributed by atoms with van der Waals surface area (Å²) in [6.45, 7) is 3.67.